The largest absolute Gasteiger partial charge is 0.492 e. The summed E-state index contributed by atoms with van der Waals surface area (Å²) in [5.74, 6) is 1.93. The average Bonchev–Trinajstić information content (AvgIpc) is 2.58. The summed E-state index contributed by atoms with van der Waals surface area (Å²) >= 11 is 0. The smallest absolute Gasteiger partial charge is 0.262 e. The Labute approximate surface area is 139 Å². The van der Waals surface area contributed by atoms with Crippen molar-refractivity contribution < 1.29 is 4.74 Å². The number of para-hydroxylation sites is 1. The molecule has 6 heteroatoms. The fourth-order valence-corrected chi connectivity index (χ4v) is 2.97. The molecule has 1 aliphatic rings. The second kappa shape index (κ2) is 5.96. The molecule has 0 aliphatic carbocycles. The highest BCUT2D eigenvalue weighted by atomic mass is 16.5. The van der Waals surface area contributed by atoms with Gasteiger partial charge in [-0.1, -0.05) is 12.1 Å². The molecule has 1 fully saturated rings. The van der Waals surface area contributed by atoms with E-state index < -0.39 is 0 Å². The Morgan fingerprint density at radius 2 is 2.04 bits per heavy atom. The zero-order chi connectivity index (χ0) is 16.5. The van der Waals surface area contributed by atoms with Crippen LogP contribution in [0.15, 0.2) is 53.6 Å². The normalized spacial score (nSPS) is 14.6. The lowest BCUT2D eigenvalue weighted by atomic mass is 10.0. The molecule has 0 spiro atoms. The van der Waals surface area contributed by atoms with Gasteiger partial charge in [0, 0.05) is 32.3 Å². The first kappa shape index (κ1) is 14.7. The first-order valence-electron chi connectivity index (χ1n) is 7.96. The highest BCUT2D eigenvalue weighted by Gasteiger charge is 2.30. The van der Waals surface area contributed by atoms with Gasteiger partial charge in [-0.25, -0.2) is 4.98 Å². The molecule has 0 saturated carbocycles. The molecule has 4 rings (SSSR count). The second-order valence-corrected chi connectivity index (χ2v) is 6.06. The molecule has 122 valence electrons. The van der Waals surface area contributed by atoms with E-state index in [1.54, 1.807) is 24.0 Å². The van der Waals surface area contributed by atoms with Crippen LogP contribution in [0, 0.1) is 5.92 Å². The number of anilines is 1. The molecule has 0 unspecified atom stereocenters. The zero-order valence-corrected chi connectivity index (χ0v) is 13.4. The monoisotopic (exact) mass is 322 g/mol. The third kappa shape index (κ3) is 2.60. The van der Waals surface area contributed by atoms with Crippen molar-refractivity contribution in [2.75, 3.05) is 24.6 Å². The van der Waals surface area contributed by atoms with Crippen LogP contribution in [0.5, 0.6) is 5.75 Å². The van der Waals surface area contributed by atoms with E-state index in [4.69, 9.17) is 4.74 Å². The molecule has 3 heterocycles. The van der Waals surface area contributed by atoms with Crippen LogP contribution in [0.2, 0.25) is 0 Å². The summed E-state index contributed by atoms with van der Waals surface area (Å²) in [5, 5.41) is 0.653. The molecular formula is C18H18N4O2. The predicted molar refractivity (Wildman–Crippen MR) is 92.4 cm³/mol. The van der Waals surface area contributed by atoms with Gasteiger partial charge in [-0.2, -0.15) is 0 Å². The standard InChI is InChI=1S/C18H18N4O2/c1-21-17(23)15-6-2-3-7-16(15)20-18(21)22-10-13(11-22)12-24-14-5-4-8-19-9-14/h2-9,13H,10-12H2,1H3. The number of pyridine rings is 1. The zero-order valence-electron chi connectivity index (χ0n) is 13.4. The fourth-order valence-electron chi connectivity index (χ4n) is 2.97. The Bertz CT molecular complexity index is 917. The Kier molecular flexibility index (Phi) is 3.65. The second-order valence-electron chi connectivity index (χ2n) is 6.06. The van der Waals surface area contributed by atoms with Crippen LogP contribution in [0.4, 0.5) is 5.95 Å². The van der Waals surface area contributed by atoms with Crippen molar-refractivity contribution in [3.8, 4) is 5.75 Å². The Morgan fingerprint density at radius 3 is 2.83 bits per heavy atom. The molecule has 0 amide bonds. The molecule has 3 aromatic rings. The summed E-state index contributed by atoms with van der Waals surface area (Å²) < 4.78 is 7.37. The topological polar surface area (TPSA) is 60.2 Å². The van der Waals surface area contributed by atoms with Crippen molar-refractivity contribution in [2.45, 2.75) is 0 Å². The van der Waals surface area contributed by atoms with Crippen LogP contribution >= 0.6 is 0 Å². The summed E-state index contributed by atoms with van der Waals surface area (Å²) in [4.78, 5) is 23.3. The molecule has 1 aliphatic heterocycles. The van der Waals surface area contributed by atoms with Gasteiger partial charge in [0.25, 0.3) is 5.56 Å². The summed E-state index contributed by atoms with van der Waals surface area (Å²) in [6.07, 6.45) is 3.44. The lowest BCUT2D eigenvalue weighted by Gasteiger charge is -2.40. The highest BCUT2D eigenvalue weighted by molar-refractivity contribution is 5.78. The van der Waals surface area contributed by atoms with Gasteiger partial charge in [0.1, 0.15) is 5.75 Å². The van der Waals surface area contributed by atoms with Gasteiger partial charge < -0.3 is 9.64 Å². The van der Waals surface area contributed by atoms with Crippen molar-refractivity contribution in [1.29, 1.82) is 0 Å². The molecule has 0 atom stereocenters. The Morgan fingerprint density at radius 1 is 1.21 bits per heavy atom. The van der Waals surface area contributed by atoms with Crippen molar-refractivity contribution in [3.63, 3.8) is 0 Å². The van der Waals surface area contributed by atoms with Gasteiger partial charge in [-0.15, -0.1) is 0 Å². The summed E-state index contributed by atoms with van der Waals surface area (Å²) in [7, 11) is 1.77. The van der Waals surface area contributed by atoms with E-state index in [2.05, 4.69) is 14.9 Å². The highest BCUT2D eigenvalue weighted by Crippen LogP contribution is 2.24. The average molecular weight is 322 g/mol. The number of benzene rings is 1. The number of rotatable bonds is 4. The van der Waals surface area contributed by atoms with E-state index in [0.717, 1.165) is 30.3 Å². The minimum atomic E-state index is -0.00865. The van der Waals surface area contributed by atoms with Gasteiger partial charge in [0.15, 0.2) is 0 Å². The summed E-state index contributed by atoms with van der Waals surface area (Å²) in [5.41, 5.74) is 0.733. The number of ether oxygens (including phenoxy) is 1. The van der Waals surface area contributed by atoms with E-state index in [1.807, 2.05) is 36.4 Å². The maximum Gasteiger partial charge on any atom is 0.262 e. The molecule has 24 heavy (non-hydrogen) atoms. The maximum absolute atomic E-state index is 12.5. The van der Waals surface area contributed by atoms with Crippen LogP contribution in [0.3, 0.4) is 0 Å². The molecule has 1 saturated heterocycles. The van der Waals surface area contributed by atoms with E-state index >= 15 is 0 Å². The van der Waals surface area contributed by atoms with Crippen molar-refractivity contribution in [2.24, 2.45) is 13.0 Å². The SMILES string of the molecule is Cn1c(N2CC(COc3cccnc3)C2)nc2ccccc2c1=O. The van der Waals surface area contributed by atoms with Crippen molar-refractivity contribution >= 4 is 16.9 Å². The van der Waals surface area contributed by atoms with Crippen LogP contribution in [0.1, 0.15) is 0 Å². The summed E-state index contributed by atoms with van der Waals surface area (Å²) in [6.45, 7) is 2.31. The van der Waals surface area contributed by atoms with Gasteiger partial charge in [0.05, 0.1) is 23.7 Å². The van der Waals surface area contributed by atoms with E-state index in [1.165, 1.54) is 0 Å². The van der Waals surface area contributed by atoms with Crippen LogP contribution in [-0.2, 0) is 7.05 Å². The Balaban J connectivity index is 1.46. The summed E-state index contributed by atoms with van der Waals surface area (Å²) in [6, 6.07) is 11.2. The van der Waals surface area contributed by atoms with Gasteiger partial charge >= 0.3 is 0 Å². The lowest BCUT2D eigenvalue weighted by molar-refractivity contribution is 0.218. The molecule has 0 bridgehead atoms. The number of nitrogens with zero attached hydrogens (tertiary/aromatic N) is 4. The lowest BCUT2D eigenvalue weighted by Crippen LogP contribution is -2.51. The third-order valence-electron chi connectivity index (χ3n) is 4.32. The third-order valence-corrected chi connectivity index (χ3v) is 4.32. The first-order chi connectivity index (χ1) is 11.7. The number of aromatic nitrogens is 3. The van der Waals surface area contributed by atoms with Crippen LogP contribution in [-0.4, -0.2) is 34.2 Å². The molecule has 6 nitrogen and oxygen atoms in total. The minimum absolute atomic E-state index is 0.00865. The van der Waals surface area contributed by atoms with Crippen molar-refractivity contribution in [1.82, 2.24) is 14.5 Å². The Hall–Kier alpha value is -2.89. The maximum atomic E-state index is 12.5. The van der Waals surface area contributed by atoms with E-state index in [9.17, 15) is 4.79 Å². The first-order valence-corrected chi connectivity index (χ1v) is 7.96. The van der Waals surface area contributed by atoms with E-state index in [-0.39, 0.29) is 5.56 Å². The number of hydrogen-bond acceptors (Lipinski definition) is 5. The molecule has 2 aromatic heterocycles. The number of fused-ring (bicyclic) bond motifs is 1. The molecular weight excluding hydrogens is 304 g/mol. The van der Waals surface area contributed by atoms with Crippen molar-refractivity contribution in [3.05, 3.63) is 59.1 Å². The van der Waals surface area contributed by atoms with Gasteiger partial charge in [-0.3, -0.25) is 14.3 Å². The van der Waals surface area contributed by atoms with E-state index in [0.29, 0.717) is 17.9 Å². The molecule has 1 aromatic carbocycles. The number of hydrogen-bond donors (Lipinski definition) is 0. The van der Waals surface area contributed by atoms with Crippen LogP contribution < -0.4 is 15.2 Å². The van der Waals surface area contributed by atoms with Gasteiger partial charge in [-0.05, 0) is 24.3 Å². The minimum Gasteiger partial charge on any atom is -0.492 e. The van der Waals surface area contributed by atoms with Gasteiger partial charge in [0.2, 0.25) is 5.95 Å². The quantitative estimate of drug-likeness (QED) is 0.733. The predicted octanol–water partition coefficient (Wildman–Crippen LogP) is 1.84. The molecule has 0 N–H and O–H groups in total. The molecule has 0 radical (unpaired) electrons. The fraction of sp³-hybridized carbons (Fsp3) is 0.278. The van der Waals surface area contributed by atoms with Crippen LogP contribution in [0.25, 0.3) is 10.9 Å².